The van der Waals surface area contributed by atoms with E-state index in [0.717, 1.165) is 36.1 Å². The van der Waals surface area contributed by atoms with E-state index in [4.69, 9.17) is 4.74 Å². The van der Waals surface area contributed by atoms with Crippen LogP contribution < -0.4 is 4.74 Å². The molecule has 29 heavy (non-hydrogen) atoms. The number of aliphatic hydroxyl groups excluding tert-OH is 1. The first-order valence-corrected chi connectivity index (χ1v) is 10.1. The number of phenolic OH excluding ortho intramolecular Hbond substituents is 1. The van der Waals surface area contributed by atoms with Gasteiger partial charge in [-0.05, 0) is 46.7 Å². The molecule has 0 aromatic heterocycles. The van der Waals surface area contributed by atoms with E-state index in [1.165, 1.54) is 16.7 Å². The standard InChI is InChI=1S/C25H25NO3/c1-29-22-10-8-19-14-21-20-9-7-16(15-27)13-18(20)11-12-26(21)24(23(19)25(22)28)17-5-3-2-4-6-17/h2-10,13,21,24,27-28H,11-12,14-15H2,1H3/t21-,24+/m0/s1. The molecule has 0 amide bonds. The molecule has 4 nitrogen and oxygen atoms in total. The summed E-state index contributed by atoms with van der Waals surface area (Å²) in [7, 11) is 1.60. The second-order valence-electron chi connectivity index (χ2n) is 7.90. The van der Waals surface area contributed by atoms with E-state index in [9.17, 15) is 10.2 Å². The zero-order chi connectivity index (χ0) is 20.0. The minimum absolute atomic E-state index is 0.0225. The quantitative estimate of drug-likeness (QED) is 0.709. The lowest BCUT2D eigenvalue weighted by atomic mass is 9.78. The number of hydrogen-bond acceptors (Lipinski definition) is 4. The molecule has 0 spiro atoms. The summed E-state index contributed by atoms with van der Waals surface area (Å²) in [5, 5.41) is 20.6. The highest BCUT2D eigenvalue weighted by Crippen LogP contribution is 2.51. The van der Waals surface area contributed by atoms with Gasteiger partial charge < -0.3 is 14.9 Å². The zero-order valence-electron chi connectivity index (χ0n) is 16.5. The fraction of sp³-hybridized carbons (Fsp3) is 0.280. The van der Waals surface area contributed by atoms with Crippen molar-refractivity contribution in [1.82, 2.24) is 4.90 Å². The van der Waals surface area contributed by atoms with Crippen molar-refractivity contribution in [2.75, 3.05) is 13.7 Å². The number of benzene rings is 3. The van der Waals surface area contributed by atoms with Gasteiger partial charge in [-0.2, -0.15) is 0 Å². The summed E-state index contributed by atoms with van der Waals surface area (Å²) in [5.41, 5.74) is 6.92. The second-order valence-corrected chi connectivity index (χ2v) is 7.90. The topological polar surface area (TPSA) is 52.9 Å². The van der Waals surface area contributed by atoms with Gasteiger partial charge in [0, 0.05) is 18.2 Å². The molecule has 2 aliphatic heterocycles. The normalized spacial score (nSPS) is 20.5. The van der Waals surface area contributed by atoms with Gasteiger partial charge in [0.15, 0.2) is 11.5 Å². The Morgan fingerprint density at radius 1 is 1.03 bits per heavy atom. The Labute approximate surface area is 171 Å². The Kier molecular flexibility index (Phi) is 4.53. The Morgan fingerprint density at radius 2 is 1.86 bits per heavy atom. The molecule has 5 rings (SSSR count). The van der Waals surface area contributed by atoms with Gasteiger partial charge in [0.05, 0.1) is 19.8 Å². The summed E-state index contributed by atoms with van der Waals surface area (Å²) >= 11 is 0. The smallest absolute Gasteiger partial charge is 0.163 e. The van der Waals surface area contributed by atoms with E-state index < -0.39 is 0 Å². The van der Waals surface area contributed by atoms with E-state index in [0.29, 0.717) is 5.75 Å². The molecule has 0 fully saturated rings. The van der Waals surface area contributed by atoms with Crippen molar-refractivity contribution >= 4 is 0 Å². The Hall–Kier alpha value is -2.82. The van der Waals surface area contributed by atoms with Crippen LogP contribution in [-0.4, -0.2) is 28.8 Å². The van der Waals surface area contributed by atoms with E-state index >= 15 is 0 Å². The van der Waals surface area contributed by atoms with Crippen LogP contribution in [0.4, 0.5) is 0 Å². The maximum Gasteiger partial charge on any atom is 0.163 e. The lowest BCUT2D eigenvalue weighted by molar-refractivity contribution is 0.126. The number of methoxy groups -OCH3 is 1. The maximum atomic E-state index is 11.0. The van der Waals surface area contributed by atoms with Crippen LogP contribution in [0.2, 0.25) is 0 Å². The summed E-state index contributed by atoms with van der Waals surface area (Å²) in [6.45, 7) is 0.979. The van der Waals surface area contributed by atoms with Crippen molar-refractivity contribution in [3.63, 3.8) is 0 Å². The highest BCUT2D eigenvalue weighted by Gasteiger charge is 2.40. The lowest BCUT2D eigenvalue weighted by Gasteiger charge is -2.47. The number of aromatic hydroxyl groups is 1. The molecule has 2 heterocycles. The van der Waals surface area contributed by atoms with Crippen molar-refractivity contribution in [1.29, 1.82) is 0 Å². The zero-order valence-corrected chi connectivity index (χ0v) is 16.5. The summed E-state index contributed by atoms with van der Waals surface area (Å²) in [6.07, 6.45) is 1.78. The van der Waals surface area contributed by atoms with Crippen LogP contribution in [0.1, 0.15) is 45.5 Å². The molecular weight excluding hydrogens is 362 g/mol. The highest BCUT2D eigenvalue weighted by molar-refractivity contribution is 5.56. The lowest BCUT2D eigenvalue weighted by Crippen LogP contribution is -2.43. The molecule has 0 radical (unpaired) electrons. The van der Waals surface area contributed by atoms with Crippen molar-refractivity contribution in [3.05, 3.63) is 94.0 Å². The van der Waals surface area contributed by atoms with Crippen LogP contribution in [0.3, 0.4) is 0 Å². The van der Waals surface area contributed by atoms with Crippen molar-refractivity contribution in [3.8, 4) is 11.5 Å². The fourth-order valence-corrected chi connectivity index (χ4v) is 5.06. The van der Waals surface area contributed by atoms with Crippen molar-refractivity contribution < 1.29 is 14.9 Å². The summed E-state index contributed by atoms with van der Waals surface area (Å²) in [6, 6.07) is 20.9. The van der Waals surface area contributed by atoms with Gasteiger partial charge >= 0.3 is 0 Å². The molecule has 2 atom stereocenters. The molecule has 4 heteroatoms. The van der Waals surface area contributed by atoms with Crippen molar-refractivity contribution in [2.45, 2.75) is 31.5 Å². The molecule has 148 valence electrons. The first kappa shape index (κ1) is 18.2. The van der Waals surface area contributed by atoms with Crippen LogP contribution in [0.5, 0.6) is 11.5 Å². The molecule has 2 N–H and O–H groups in total. The fourth-order valence-electron chi connectivity index (χ4n) is 5.06. The highest BCUT2D eigenvalue weighted by atomic mass is 16.5. The van der Waals surface area contributed by atoms with E-state index in [-0.39, 0.29) is 24.4 Å². The molecule has 2 aliphatic rings. The number of phenols is 1. The van der Waals surface area contributed by atoms with Crippen LogP contribution >= 0.6 is 0 Å². The number of fused-ring (bicyclic) bond motifs is 4. The first-order valence-electron chi connectivity index (χ1n) is 10.1. The minimum atomic E-state index is -0.0225. The van der Waals surface area contributed by atoms with Gasteiger partial charge in [-0.15, -0.1) is 0 Å². The molecule has 0 unspecified atom stereocenters. The predicted molar refractivity (Wildman–Crippen MR) is 112 cm³/mol. The molecule has 3 aromatic rings. The average Bonchev–Trinajstić information content (AvgIpc) is 2.78. The monoisotopic (exact) mass is 387 g/mol. The molecule has 3 aromatic carbocycles. The number of ether oxygens (including phenoxy) is 1. The Morgan fingerprint density at radius 3 is 2.62 bits per heavy atom. The van der Waals surface area contributed by atoms with Gasteiger partial charge in [-0.25, -0.2) is 0 Å². The molecule has 0 aliphatic carbocycles. The first-order chi connectivity index (χ1) is 14.2. The van der Waals surface area contributed by atoms with E-state index in [1.54, 1.807) is 7.11 Å². The number of aliphatic hydroxyl groups is 1. The summed E-state index contributed by atoms with van der Waals surface area (Å²) in [4.78, 5) is 2.51. The van der Waals surface area contributed by atoms with Gasteiger partial charge in [0.2, 0.25) is 0 Å². The van der Waals surface area contributed by atoms with Crippen molar-refractivity contribution in [2.24, 2.45) is 0 Å². The average molecular weight is 387 g/mol. The van der Waals surface area contributed by atoms with Crippen LogP contribution in [0, 0.1) is 0 Å². The Balaban J connectivity index is 1.69. The van der Waals surface area contributed by atoms with Gasteiger partial charge in [0.25, 0.3) is 0 Å². The summed E-state index contributed by atoms with van der Waals surface area (Å²) < 4.78 is 5.42. The van der Waals surface area contributed by atoms with Gasteiger partial charge in [-0.1, -0.05) is 54.6 Å². The van der Waals surface area contributed by atoms with Gasteiger partial charge in [-0.3, -0.25) is 4.90 Å². The van der Waals surface area contributed by atoms with Crippen LogP contribution in [0.15, 0.2) is 60.7 Å². The van der Waals surface area contributed by atoms with Crippen LogP contribution in [-0.2, 0) is 19.4 Å². The number of hydrogen-bond donors (Lipinski definition) is 2. The number of nitrogens with zero attached hydrogens (tertiary/aromatic N) is 1. The molecule has 0 saturated heterocycles. The molecule has 0 saturated carbocycles. The predicted octanol–water partition coefficient (Wildman–Crippen LogP) is 4.14. The number of rotatable bonds is 3. The third-order valence-electron chi connectivity index (χ3n) is 6.41. The van der Waals surface area contributed by atoms with Crippen LogP contribution in [0.25, 0.3) is 0 Å². The van der Waals surface area contributed by atoms with E-state index in [2.05, 4.69) is 47.4 Å². The summed E-state index contributed by atoms with van der Waals surface area (Å²) in [5.74, 6) is 0.770. The largest absolute Gasteiger partial charge is 0.504 e. The minimum Gasteiger partial charge on any atom is -0.504 e. The third kappa shape index (κ3) is 2.91. The maximum absolute atomic E-state index is 11.0. The third-order valence-corrected chi connectivity index (χ3v) is 6.41. The van der Waals surface area contributed by atoms with E-state index in [1.807, 2.05) is 18.2 Å². The van der Waals surface area contributed by atoms with Gasteiger partial charge in [0.1, 0.15) is 0 Å². The molecule has 0 bridgehead atoms. The molecular formula is C25H25NO3. The Bertz CT molecular complexity index is 1050. The second kappa shape index (κ2) is 7.21. The SMILES string of the molecule is COc1ccc2c(c1O)[C@@H](c1ccccc1)N1CCc3cc(CO)ccc3[C@@H]1C2.